The Labute approximate surface area is 136 Å². The fourth-order valence-electron chi connectivity index (χ4n) is 2.17. The van der Waals surface area contributed by atoms with Gasteiger partial charge >= 0.3 is 0 Å². The lowest BCUT2D eigenvalue weighted by Crippen LogP contribution is -2.28. The largest absolute Gasteiger partial charge is 0.356 e. The summed E-state index contributed by atoms with van der Waals surface area (Å²) in [5.74, 6) is 1.09. The second-order valence-corrected chi connectivity index (χ2v) is 6.85. The molecule has 2 N–H and O–H groups in total. The number of hydrogen-bond acceptors (Lipinski definition) is 2. The number of nitrogens with one attached hydrogen (secondary N) is 2. The maximum absolute atomic E-state index is 11.6. The van der Waals surface area contributed by atoms with E-state index in [9.17, 15) is 9.59 Å². The van der Waals surface area contributed by atoms with Crippen LogP contribution in [0.5, 0.6) is 0 Å². The molecule has 0 spiro atoms. The van der Waals surface area contributed by atoms with Crippen LogP contribution in [0.2, 0.25) is 0 Å². The number of hydrogen-bond donors (Lipinski definition) is 2. The molecule has 4 heteroatoms. The topological polar surface area (TPSA) is 58.2 Å². The van der Waals surface area contributed by atoms with Crippen LogP contribution in [-0.2, 0) is 9.59 Å². The molecule has 0 bridgehead atoms. The highest BCUT2D eigenvalue weighted by molar-refractivity contribution is 5.77. The highest BCUT2D eigenvalue weighted by atomic mass is 16.2. The molecule has 0 aliphatic carbocycles. The quantitative estimate of drug-likeness (QED) is 0.510. The second-order valence-electron chi connectivity index (χ2n) is 6.85. The Morgan fingerprint density at radius 2 is 1.36 bits per heavy atom. The van der Waals surface area contributed by atoms with E-state index < -0.39 is 0 Å². The molecule has 2 amide bonds. The van der Waals surface area contributed by atoms with Crippen molar-refractivity contribution >= 4 is 11.8 Å². The lowest BCUT2D eigenvalue weighted by atomic mass is 10.1. The van der Waals surface area contributed by atoms with Gasteiger partial charge in [0.05, 0.1) is 0 Å². The molecule has 0 aliphatic rings. The summed E-state index contributed by atoms with van der Waals surface area (Å²) < 4.78 is 0. The Hall–Kier alpha value is -1.06. The van der Waals surface area contributed by atoms with Crippen molar-refractivity contribution < 1.29 is 9.59 Å². The third-order valence-corrected chi connectivity index (χ3v) is 3.68. The van der Waals surface area contributed by atoms with Crippen LogP contribution in [-0.4, -0.2) is 24.9 Å². The monoisotopic (exact) mass is 312 g/mol. The van der Waals surface area contributed by atoms with Crippen molar-refractivity contribution in [1.82, 2.24) is 10.6 Å². The van der Waals surface area contributed by atoms with E-state index in [1.807, 2.05) is 13.8 Å². The smallest absolute Gasteiger partial charge is 0.222 e. The van der Waals surface area contributed by atoms with Crippen LogP contribution in [0.1, 0.15) is 79.1 Å². The normalized spacial score (nSPS) is 11.0. The second kappa shape index (κ2) is 13.6. The Balaban J connectivity index is 3.31. The summed E-state index contributed by atoms with van der Waals surface area (Å²) in [7, 11) is 0. The molecule has 0 saturated carbocycles. The average molecular weight is 312 g/mol. The summed E-state index contributed by atoms with van der Waals surface area (Å²) in [6.45, 7) is 9.80. The maximum atomic E-state index is 11.6. The molecular weight excluding hydrogens is 276 g/mol. The van der Waals surface area contributed by atoms with Crippen LogP contribution in [0.15, 0.2) is 0 Å². The first-order chi connectivity index (χ1) is 10.4. The van der Waals surface area contributed by atoms with Crippen molar-refractivity contribution in [3.8, 4) is 0 Å². The average Bonchev–Trinajstić information content (AvgIpc) is 2.45. The van der Waals surface area contributed by atoms with Crippen molar-refractivity contribution in [2.75, 3.05) is 13.1 Å². The predicted molar refractivity (Wildman–Crippen MR) is 92.6 cm³/mol. The van der Waals surface area contributed by atoms with E-state index >= 15 is 0 Å². The first-order valence-corrected chi connectivity index (χ1v) is 8.98. The summed E-state index contributed by atoms with van der Waals surface area (Å²) in [5, 5.41) is 5.88. The summed E-state index contributed by atoms with van der Waals surface area (Å²) in [5.41, 5.74) is 0. The third-order valence-electron chi connectivity index (χ3n) is 3.68. The molecule has 0 unspecified atom stereocenters. The van der Waals surface area contributed by atoms with Gasteiger partial charge in [0.2, 0.25) is 11.8 Å². The van der Waals surface area contributed by atoms with E-state index in [0.29, 0.717) is 13.0 Å². The third kappa shape index (κ3) is 13.9. The minimum atomic E-state index is 0.0475. The van der Waals surface area contributed by atoms with Gasteiger partial charge in [-0.25, -0.2) is 0 Å². The van der Waals surface area contributed by atoms with E-state index in [2.05, 4.69) is 24.5 Å². The minimum absolute atomic E-state index is 0.0475. The highest BCUT2D eigenvalue weighted by Crippen LogP contribution is 2.07. The molecule has 0 atom stereocenters. The van der Waals surface area contributed by atoms with E-state index in [1.165, 1.54) is 19.3 Å². The molecule has 0 fully saturated rings. The molecule has 0 saturated heterocycles. The van der Waals surface area contributed by atoms with Crippen molar-refractivity contribution in [2.45, 2.75) is 79.1 Å². The van der Waals surface area contributed by atoms with Crippen molar-refractivity contribution in [1.29, 1.82) is 0 Å². The lowest BCUT2D eigenvalue weighted by Gasteiger charge is -2.08. The van der Waals surface area contributed by atoms with E-state index in [4.69, 9.17) is 0 Å². The van der Waals surface area contributed by atoms with Crippen LogP contribution in [0.4, 0.5) is 0 Å². The van der Waals surface area contributed by atoms with Crippen LogP contribution >= 0.6 is 0 Å². The summed E-state index contributed by atoms with van der Waals surface area (Å²) >= 11 is 0. The Kier molecular flexibility index (Phi) is 12.9. The van der Waals surface area contributed by atoms with Gasteiger partial charge in [-0.3, -0.25) is 9.59 Å². The van der Waals surface area contributed by atoms with Gasteiger partial charge in [-0.1, -0.05) is 53.4 Å². The number of amides is 2. The fourth-order valence-corrected chi connectivity index (χ4v) is 2.17. The molecule has 0 rings (SSSR count). The number of carbonyl (C=O) groups excluding carboxylic acids is 2. The molecule has 0 aromatic heterocycles. The van der Waals surface area contributed by atoms with Gasteiger partial charge in [0.15, 0.2) is 0 Å². The Morgan fingerprint density at radius 1 is 0.773 bits per heavy atom. The maximum Gasteiger partial charge on any atom is 0.222 e. The van der Waals surface area contributed by atoms with Gasteiger partial charge in [0, 0.05) is 25.4 Å². The van der Waals surface area contributed by atoms with Gasteiger partial charge < -0.3 is 10.6 Å². The summed E-state index contributed by atoms with van der Waals surface area (Å²) in [4.78, 5) is 23.0. The van der Waals surface area contributed by atoms with E-state index in [0.717, 1.165) is 38.1 Å². The Bertz CT molecular complexity index is 301. The van der Waals surface area contributed by atoms with Gasteiger partial charge in [-0.15, -0.1) is 0 Å². The molecule has 130 valence electrons. The molecular formula is C18H36N2O2. The zero-order chi connectivity index (χ0) is 16.8. The molecule has 0 aromatic carbocycles. The first kappa shape index (κ1) is 20.9. The van der Waals surface area contributed by atoms with Crippen LogP contribution in [0, 0.1) is 11.8 Å². The van der Waals surface area contributed by atoms with Crippen LogP contribution in [0.25, 0.3) is 0 Å². The molecule has 4 nitrogen and oxygen atoms in total. The number of carbonyl (C=O) groups is 2. The molecule has 22 heavy (non-hydrogen) atoms. The van der Waals surface area contributed by atoms with Crippen LogP contribution < -0.4 is 10.6 Å². The van der Waals surface area contributed by atoms with Gasteiger partial charge in [0.1, 0.15) is 0 Å². The summed E-state index contributed by atoms with van der Waals surface area (Å²) in [6, 6.07) is 0. The summed E-state index contributed by atoms with van der Waals surface area (Å²) in [6.07, 6.45) is 8.26. The zero-order valence-electron chi connectivity index (χ0n) is 15.0. The lowest BCUT2D eigenvalue weighted by molar-refractivity contribution is -0.124. The van der Waals surface area contributed by atoms with Gasteiger partial charge in [-0.05, 0) is 25.2 Å². The van der Waals surface area contributed by atoms with Crippen molar-refractivity contribution in [2.24, 2.45) is 11.8 Å². The minimum Gasteiger partial charge on any atom is -0.356 e. The van der Waals surface area contributed by atoms with Crippen molar-refractivity contribution in [3.63, 3.8) is 0 Å². The van der Waals surface area contributed by atoms with Gasteiger partial charge in [0.25, 0.3) is 0 Å². The molecule has 0 heterocycles. The number of unbranched alkanes of at least 4 members (excludes halogenated alkanes) is 4. The van der Waals surface area contributed by atoms with Crippen molar-refractivity contribution in [3.05, 3.63) is 0 Å². The van der Waals surface area contributed by atoms with E-state index in [-0.39, 0.29) is 17.7 Å². The standard InChI is InChI=1S/C18H36N2O2/c1-15(2)11-7-5-9-13-19-17(21)12-8-6-10-14-20-18(22)16(3)4/h15-16H,5-14H2,1-4H3,(H,19,21)(H,20,22). The van der Waals surface area contributed by atoms with E-state index in [1.54, 1.807) is 0 Å². The fraction of sp³-hybridized carbons (Fsp3) is 0.889. The first-order valence-electron chi connectivity index (χ1n) is 8.98. The highest BCUT2D eigenvalue weighted by Gasteiger charge is 2.05. The zero-order valence-corrected chi connectivity index (χ0v) is 15.0. The predicted octanol–water partition coefficient (Wildman–Crippen LogP) is 3.65. The molecule has 0 radical (unpaired) electrons. The SMILES string of the molecule is CC(C)CCCCCNC(=O)CCCCCNC(=O)C(C)C. The Morgan fingerprint density at radius 3 is 1.95 bits per heavy atom. The molecule has 0 aliphatic heterocycles. The van der Waals surface area contributed by atoms with Crippen LogP contribution in [0.3, 0.4) is 0 Å². The molecule has 0 aromatic rings. The number of rotatable bonds is 13. The van der Waals surface area contributed by atoms with Gasteiger partial charge in [-0.2, -0.15) is 0 Å².